The molecule has 0 aliphatic rings. The van der Waals surface area contributed by atoms with Crippen LogP contribution in [0.3, 0.4) is 0 Å². The van der Waals surface area contributed by atoms with Gasteiger partial charge in [-0.15, -0.1) is 0 Å². The molecule has 0 saturated carbocycles. The van der Waals surface area contributed by atoms with E-state index in [1.54, 1.807) is 0 Å². The predicted octanol–water partition coefficient (Wildman–Crippen LogP) is 2.63. The summed E-state index contributed by atoms with van der Waals surface area (Å²) in [5.74, 6) is -0.504. The van der Waals surface area contributed by atoms with Crippen LogP contribution >= 0.6 is 0 Å². The van der Waals surface area contributed by atoms with Crippen molar-refractivity contribution < 1.29 is 23.1 Å². The van der Waals surface area contributed by atoms with Crippen molar-refractivity contribution in [3.63, 3.8) is 0 Å². The summed E-state index contributed by atoms with van der Waals surface area (Å²) in [7, 11) is 0. The number of aliphatic hydroxyl groups is 1. The Morgan fingerprint density at radius 2 is 1.90 bits per heavy atom. The molecule has 0 atom stereocenters. The van der Waals surface area contributed by atoms with E-state index in [1.807, 2.05) is 13.8 Å². The van der Waals surface area contributed by atoms with Gasteiger partial charge in [-0.3, -0.25) is 9.78 Å². The molecular weight excluding hydrogens is 285 g/mol. The Kier molecular flexibility index (Phi) is 5.71. The second kappa shape index (κ2) is 6.89. The second-order valence-corrected chi connectivity index (χ2v) is 4.98. The van der Waals surface area contributed by atoms with Gasteiger partial charge in [-0.1, -0.05) is 13.8 Å². The molecule has 1 amide bonds. The van der Waals surface area contributed by atoms with Crippen LogP contribution in [0, 0.1) is 5.41 Å². The van der Waals surface area contributed by atoms with Crippen LogP contribution in [-0.4, -0.2) is 29.1 Å². The predicted molar refractivity (Wildman–Crippen MR) is 71.7 cm³/mol. The van der Waals surface area contributed by atoms with Crippen molar-refractivity contribution >= 4 is 5.91 Å². The van der Waals surface area contributed by atoms with Gasteiger partial charge in [0.05, 0.1) is 12.2 Å². The molecule has 0 aliphatic heterocycles. The monoisotopic (exact) mass is 304 g/mol. The number of aliphatic hydroxyl groups excluding tert-OH is 1. The van der Waals surface area contributed by atoms with Crippen LogP contribution in [0.15, 0.2) is 18.3 Å². The number of carbonyl (C=O) groups excluding carboxylic acids is 1. The lowest BCUT2D eigenvalue weighted by Gasteiger charge is -2.29. The van der Waals surface area contributed by atoms with Crippen LogP contribution in [0.25, 0.3) is 0 Å². The van der Waals surface area contributed by atoms with Crippen LogP contribution in [0.1, 0.15) is 42.7 Å². The number of halogens is 3. The van der Waals surface area contributed by atoms with Crippen molar-refractivity contribution in [1.29, 1.82) is 0 Å². The zero-order valence-electron chi connectivity index (χ0n) is 12.0. The fourth-order valence-corrected chi connectivity index (χ4v) is 1.85. The van der Waals surface area contributed by atoms with E-state index in [9.17, 15) is 23.1 Å². The number of alkyl halides is 3. The first-order chi connectivity index (χ1) is 9.78. The van der Waals surface area contributed by atoms with Gasteiger partial charge in [-0.25, -0.2) is 0 Å². The summed E-state index contributed by atoms with van der Waals surface area (Å²) in [5, 5.41) is 12.0. The van der Waals surface area contributed by atoms with E-state index in [0.29, 0.717) is 12.8 Å². The molecule has 1 heterocycles. The van der Waals surface area contributed by atoms with Gasteiger partial charge in [0.1, 0.15) is 5.69 Å². The molecule has 0 aromatic carbocycles. The highest BCUT2D eigenvalue weighted by Crippen LogP contribution is 2.27. The quantitative estimate of drug-likeness (QED) is 0.849. The Labute approximate surface area is 121 Å². The van der Waals surface area contributed by atoms with Crippen LogP contribution in [-0.2, 0) is 6.18 Å². The van der Waals surface area contributed by atoms with Gasteiger partial charge in [-0.05, 0) is 25.0 Å². The number of amides is 1. The van der Waals surface area contributed by atoms with Gasteiger partial charge in [-0.2, -0.15) is 13.2 Å². The van der Waals surface area contributed by atoms with Gasteiger partial charge in [0, 0.05) is 18.2 Å². The fraction of sp³-hybridized carbons (Fsp3) is 0.571. The molecule has 0 radical (unpaired) electrons. The van der Waals surface area contributed by atoms with E-state index in [1.165, 1.54) is 0 Å². The molecule has 0 aliphatic carbocycles. The molecule has 7 heteroatoms. The number of carbonyl (C=O) groups is 1. The minimum atomic E-state index is -4.52. The number of aromatic nitrogens is 1. The maximum absolute atomic E-state index is 12.4. The van der Waals surface area contributed by atoms with Gasteiger partial charge in [0.15, 0.2) is 0 Å². The Morgan fingerprint density at radius 3 is 2.29 bits per heavy atom. The van der Waals surface area contributed by atoms with Crippen LogP contribution in [0.4, 0.5) is 13.2 Å². The highest BCUT2D eigenvalue weighted by atomic mass is 19.4. The molecule has 0 fully saturated rings. The number of nitrogens with one attached hydrogen (secondary N) is 1. The summed E-state index contributed by atoms with van der Waals surface area (Å²) in [6.07, 6.45) is -2.25. The standard InChI is InChI=1S/C14H19F3N2O2/c1-3-13(4-2,9-20)8-19-12(21)10-5-6-11(18-7-10)14(15,16)17/h5-7,20H,3-4,8-9H2,1-2H3,(H,19,21). The lowest BCUT2D eigenvalue weighted by atomic mass is 9.83. The van der Waals surface area contributed by atoms with E-state index >= 15 is 0 Å². The first-order valence-electron chi connectivity index (χ1n) is 6.70. The van der Waals surface area contributed by atoms with Crippen molar-refractivity contribution in [3.05, 3.63) is 29.6 Å². The zero-order chi connectivity index (χ0) is 16.1. The number of pyridine rings is 1. The molecule has 0 spiro atoms. The van der Waals surface area contributed by atoms with Gasteiger partial charge < -0.3 is 10.4 Å². The number of nitrogens with zero attached hydrogens (tertiary/aromatic N) is 1. The zero-order valence-corrected chi connectivity index (χ0v) is 12.0. The second-order valence-electron chi connectivity index (χ2n) is 4.98. The van der Waals surface area contributed by atoms with Crippen molar-refractivity contribution in [2.75, 3.05) is 13.2 Å². The van der Waals surface area contributed by atoms with Crippen molar-refractivity contribution in [2.24, 2.45) is 5.41 Å². The first-order valence-corrected chi connectivity index (χ1v) is 6.70. The molecular formula is C14H19F3N2O2. The third kappa shape index (κ3) is 4.42. The van der Waals surface area contributed by atoms with Gasteiger partial charge >= 0.3 is 6.18 Å². The van der Waals surface area contributed by atoms with Crippen molar-refractivity contribution in [1.82, 2.24) is 10.3 Å². The topological polar surface area (TPSA) is 62.2 Å². The Morgan fingerprint density at radius 1 is 1.29 bits per heavy atom. The normalized spacial score (nSPS) is 12.3. The molecule has 0 unspecified atom stereocenters. The molecule has 0 saturated heterocycles. The maximum atomic E-state index is 12.4. The minimum absolute atomic E-state index is 0.0574. The molecule has 0 bridgehead atoms. The summed E-state index contributed by atoms with van der Waals surface area (Å²) in [6.45, 7) is 4.01. The number of hydrogen-bond acceptors (Lipinski definition) is 3. The number of rotatable bonds is 6. The Balaban J connectivity index is 2.72. The highest BCUT2D eigenvalue weighted by molar-refractivity contribution is 5.93. The molecule has 2 N–H and O–H groups in total. The van der Waals surface area contributed by atoms with Crippen molar-refractivity contribution in [3.8, 4) is 0 Å². The van der Waals surface area contributed by atoms with Gasteiger partial charge in [0.25, 0.3) is 5.91 Å². The van der Waals surface area contributed by atoms with E-state index in [4.69, 9.17) is 0 Å². The largest absolute Gasteiger partial charge is 0.433 e. The minimum Gasteiger partial charge on any atom is -0.396 e. The Bertz CT molecular complexity index is 460. The molecule has 4 nitrogen and oxygen atoms in total. The van der Waals surface area contributed by atoms with E-state index < -0.39 is 23.2 Å². The lowest BCUT2D eigenvalue weighted by molar-refractivity contribution is -0.141. The maximum Gasteiger partial charge on any atom is 0.433 e. The Hall–Kier alpha value is -1.63. The SMILES string of the molecule is CCC(CC)(CO)CNC(=O)c1ccc(C(F)(F)F)nc1. The van der Waals surface area contributed by atoms with E-state index in [0.717, 1.165) is 18.3 Å². The fourth-order valence-electron chi connectivity index (χ4n) is 1.85. The first kappa shape index (κ1) is 17.4. The molecule has 1 aromatic rings. The van der Waals surface area contributed by atoms with E-state index in [2.05, 4.69) is 10.3 Å². The lowest BCUT2D eigenvalue weighted by Crippen LogP contribution is -2.39. The summed E-state index contributed by atoms with van der Waals surface area (Å²) >= 11 is 0. The van der Waals surface area contributed by atoms with Crippen LogP contribution < -0.4 is 5.32 Å². The molecule has 21 heavy (non-hydrogen) atoms. The summed E-state index contributed by atoms with van der Waals surface area (Å²) in [4.78, 5) is 15.1. The van der Waals surface area contributed by atoms with Crippen LogP contribution in [0.5, 0.6) is 0 Å². The number of hydrogen-bond donors (Lipinski definition) is 2. The molecule has 1 aromatic heterocycles. The molecule has 1 rings (SSSR count). The summed E-state index contributed by atoms with van der Waals surface area (Å²) in [5.41, 5.74) is -1.39. The van der Waals surface area contributed by atoms with Crippen molar-refractivity contribution in [2.45, 2.75) is 32.9 Å². The van der Waals surface area contributed by atoms with Crippen LogP contribution in [0.2, 0.25) is 0 Å². The average molecular weight is 304 g/mol. The van der Waals surface area contributed by atoms with E-state index in [-0.39, 0.29) is 18.7 Å². The molecule has 118 valence electrons. The average Bonchev–Trinajstić information content (AvgIpc) is 2.48. The van der Waals surface area contributed by atoms with Gasteiger partial charge in [0.2, 0.25) is 0 Å². The summed E-state index contributed by atoms with van der Waals surface area (Å²) in [6, 6.07) is 1.86. The summed E-state index contributed by atoms with van der Waals surface area (Å²) < 4.78 is 37.1. The third-order valence-corrected chi connectivity index (χ3v) is 3.78. The highest BCUT2D eigenvalue weighted by Gasteiger charge is 2.32. The third-order valence-electron chi connectivity index (χ3n) is 3.78. The smallest absolute Gasteiger partial charge is 0.396 e.